The fourth-order valence-electron chi connectivity index (χ4n) is 8.64. The number of benzene rings is 6. The molecule has 7 aromatic rings. The molecule has 51 heavy (non-hydrogen) atoms. The fourth-order valence-corrected chi connectivity index (χ4v) is 8.64. The highest BCUT2D eigenvalue weighted by atomic mass is 16.3. The van der Waals surface area contributed by atoms with Crippen LogP contribution in [0.2, 0.25) is 0 Å². The molecule has 8 N–H and O–H groups in total. The van der Waals surface area contributed by atoms with Gasteiger partial charge in [0.15, 0.2) is 0 Å². The van der Waals surface area contributed by atoms with E-state index >= 15 is 0 Å². The van der Waals surface area contributed by atoms with Gasteiger partial charge in [-0.15, -0.1) is 0 Å². The number of phenolic OH excluding ortho intramolecular Hbond substituents is 8. The van der Waals surface area contributed by atoms with Crippen LogP contribution >= 0.6 is 0 Å². The van der Waals surface area contributed by atoms with Crippen molar-refractivity contribution in [3.05, 3.63) is 143 Å². The van der Waals surface area contributed by atoms with Crippen molar-refractivity contribution in [2.45, 2.75) is 23.7 Å². The Hall–Kier alpha value is -6.74. The van der Waals surface area contributed by atoms with Crippen LogP contribution in [0.4, 0.5) is 0 Å². The van der Waals surface area contributed by atoms with Crippen molar-refractivity contribution in [3.8, 4) is 68.4 Å². The summed E-state index contributed by atoms with van der Waals surface area (Å²) in [6.45, 7) is 0. The van der Waals surface area contributed by atoms with E-state index in [1.165, 1.54) is 30.3 Å². The molecule has 0 fully saturated rings. The van der Waals surface area contributed by atoms with Gasteiger partial charge in [0.2, 0.25) is 0 Å². The first-order valence-corrected chi connectivity index (χ1v) is 16.4. The first-order valence-electron chi connectivity index (χ1n) is 16.4. The molecule has 252 valence electrons. The average Bonchev–Trinajstić information content (AvgIpc) is 3.60. The lowest BCUT2D eigenvalue weighted by molar-refractivity contribution is 0.429. The highest BCUT2D eigenvalue weighted by Crippen LogP contribution is 2.68. The molecule has 0 aliphatic heterocycles. The zero-order chi connectivity index (χ0) is 35.3. The highest BCUT2D eigenvalue weighted by molar-refractivity contribution is 6.08. The minimum absolute atomic E-state index is 0.0443. The normalized spacial score (nSPS) is 18.8. The Bertz CT molecular complexity index is 2500. The molecule has 0 bridgehead atoms. The second-order valence-electron chi connectivity index (χ2n) is 13.3. The molecule has 0 radical (unpaired) electrons. The second-order valence-corrected chi connectivity index (χ2v) is 13.3. The Labute approximate surface area is 290 Å². The molecule has 2 aliphatic rings. The number of furan rings is 1. The first kappa shape index (κ1) is 30.3. The molecule has 6 aromatic carbocycles. The van der Waals surface area contributed by atoms with Crippen LogP contribution in [0.5, 0.6) is 46.0 Å². The molecule has 0 saturated heterocycles. The third-order valence-electron chi connectivity index (χ3n) is 10.5. The van der Waals surface area contributed by atoms with Crippen molar-refractivity contribution >= 4 is 11.0 Å². The smallest absolute Gasteiger partial charge is 0.143 e. The number of aromatic hydroxyl groups is 8. The van der Waals surface area contributed by atoms with Gasteiger partial charge in [-0.1, -0.05) is 24.3 Å². The van der Waals surface area contributed by atoms with Crippen LogP contribution in [0.15, 0.2) is 114 Å². The summed E-state index contributed by atoms with van der Waals surface area (Å²) in [5, 5.41) is 88.0. The molecule has 9 nitrogen and oxygen atoms in total. The molecule has 4 atom stereocenters. The van der Waals surface area contributed by atoms with Gasteiger partial charge in [0.25, 0.3) is 0 Å². The maximum absolute atomic E-state index is 12.1. The molecule has 0 amide bonds. The molecular formula is C42H30O9. The lowest BCUT2D eigenvalue weighted by Gasteiger charge is -2.34. The lowest BCUT2D eigenvalue weighted by Crippen LogP contribution is -2.19. The number of rotatable bonds is 4. The molecule has 0 spiro atoms. The van der Waals surface area contributed by atoms with E-state index in [0.29, 0.717) is 55.7 Å². The summed E-state index contributed by atoms with van der Waals surface area (Å²) in [7, 11) is 0. The van der Waals surface area contributed by atoms with Crippen LogP contribution < -0.4 is 0 Å². The number of hydrogen-bond donors (Lipinski definition) is 8. The maximum Gasteiger partial charge on any atom is 0.143 e. The van der Waals surface area contributed by atoms with E-state index < -0.39 is 23.7 Å². The van der Waals surface area contributed by atoms with Crippen LogP contribution in [0, 0.1) is 0 Å². The van der Waals surface area contributed by atoms with Gasteiger partial charge < -0.3 is 45.3 Å². The zero-order valence-electron chi connectivity index (χ0n) is 26.7. The molecule has 9 rings (SSSR count). The number of fused-ring (bicyclic) bond motifs is 2. The van der Waals surface area contributed by atoms with Crippen LogP contribution in [0.3, 0.4) is 0 Å². The Morgan fingerprint density at radius 3 is 1.57 bits per heavy atom. The largest absolute Gasteiger partial charge is 0.508 e. The Morgan fingerprint density at radius 1 is 0.412 bits per heavy atom. The van der Waals surface area contributed by atoms with Crippen LogP contribution in [0.1, 0.15) is 57.1 Å². The molecule has 9 heteroatoms. The lowest BCUT2D eigenvalue weighted by atomic mass is 9.69. The first-order chi connectivity index (χ1) is 24.6. The maximum atomic E-state index is 12.1. The standard InChI is InChI=1S/C42H30O9/c43-23-7-1-19(2-8-23)33-35(22-13-26(46)15-27(47)14-22)38-31(50)18-32-39-37(42(51-32)21-5-11-25(45)12-6-21)29-16-28(48)17-30(49)36(29)34(40(33)41(38)39)20-3-9-24(44)10-4-20/h1-18,33-35,40,43-50H/t33-,34+,35-,40+/m0/s1. The molecule has 0 unspecified atom stereocenters. The average molecular weight is 679 g/mol. The van der Waals surface area contributed by atoms with Gasteiger partial charge in [0.05, 0.1) is 0 Å². The number of hydrogen-bond acceptors (Lipinski definition) is 9. The van der Waals surface area contributed by atoms with E-state index in [-0.39, 0.29) is 46.0 Å². The summed E-state index contributed by atoms with van der Waals surface area (Å²) in [6, 6.07) is 28.6. The molecule has 1 aromatic heterocycles. The van der Waals surface area contributed by atoms with E-state index in [1.54, 1.807) is 78.9 Å². The van der Waals surface area contributed by atoms with E-state index in [2.05, 4.69) is 0 Å². The quantitative estimate of drug-likeness (QED) is 0.0907. The third kappa shape index (κ3) is 4.55. The van der Waals surface area contributed by atoms with E-state index in [9.17, 15) is 40.9 Å². The van der Waals surface area contributed by atoms with Gasteiger partial charge in [0, 0.05) is 69.5 Å². The van der Waals surface area contributed by atoms with Crippen molar-refractivity contribution in [1.29, 1.82) is 0 Å². The summed E-state index contributed by atoms with van der Waals surface area (Å²) < 4.78 is 6.58. The molecular weight excluding hydrogens is 648 g/mol. The fraction of sp³-hybridized carbons (Fsp3) is 0.0952. The van der Waals surface area contributed by atoms with E-state index in [0.717, 1.165) is 11.1 Å². The minimum atomic E-state index is -0.669. The predicted octanol–water partition coefficient (Wildman–Crippen LogP) is 8.57. The summed E-state index contributed by atoms with van der Waals surface area (Å²) in [5.41, 5.74) is 5.70. The van der Waals surface area contributed by atoms with Crippen molar-refractivity contribution < 1.29 is 45.3 Å². The minimum Gasteiger partial charge on any atom is -0.508 e. The van der Waals surface area contributed by atoms with E-state index in [1.807, 2.05) is 0 Å². The summed E-state index contributed by atoms with van der Waals surface area (Å²) in [5.74, 6) is -2.72. The van der Waals surface area contributed by atoms with Crippen molar-refractivity contribution in [3.63, 3.8) is 0 Å². The summed E-state index contributed by atoms with van der Waals surface area (Å²) in [4.78, 5) is 0. The Morgan fingerprint density at radius 2 is 0.941 bits per heavy atom. The third-order valence-corrected chi connectivity index (χ3v) is 10.5. The SMILES string of the molecule is Oc1ccc(-c2oc3cc(O)c4c5c3c2-c2cc(O)cc(O)c2[C@@H](c2ccc(O)cc2)[C@H]5[C@@H](c2ccc(O)cc2)[C@@H]4c2cc(O)cc(O)c2)cc1. The Balaban J connectivity index is 1.49. The summed E-state index contributed by atoms with van der Waals surface area (Å²) >= 11 is 0. The van der Waals surface area contributed by atoms with Gasteiger partial charge in [-0.3, -0.25) is 0 Å². The van der Waals surface area contributed by atoms with Crippen LogP contribution in [0.25, 0.3) is 33.4 Å². The van der Waals surface area contributed by atoms with Gasteiger partial charge in [-0.2, -0.15) is 0 Å². The van der Waals surface area contributed by atoms with Gasteiger partial charge in [0.1, 0.15) is 57.3 Å². The topological polar surface area (TPSA) is 175 Å². The second kappa shape index (κ2) is 10.9. The van der Waals surface area contributed by atoms with Gasteiger partial charge in [-0.05, 0) is 94.5 Å². The van der Waals surface area contributed by atoms with Crippen molar-refractivity contribution in [2.24, 2.45) is 0 Å². The monoisotopic (exact) mass is 678 g/mol. The van der Waals surface area contributed by atoms with Gasteiger partial charge in [-0.25, -0.2) is 0 Å². The van der Waals surface area contributed by atoms with E-state index in [4.69, 9.17) is 4.42 Å². The number of phenols is 8. The van der Waals surface area contributed by atoms with Crippen molar-refractivity contribution in [2.75, 3.05) is 0 Å². The molecule has 1 heterocycles. The van der Waals surface area contributed by atoms with Crippen LogP contribution in [-0.2, 0) is 0 Å². The molecule has 2 aliphatic carbocycles. The Kier molecular flexibility index (Phi) is 6.47. The summed E-state index contributed by atoms with van der Waals surface area (Å²) in [6.07, 6.45) is 0. The highest BCUT2D eigenvalue weighted by Gasteiger charge is 2.52. The van der Waals surface area contributed by atoms with Crippen molar-refractivity contribution in [1.82, 2.24) is 0 Å². The van der Waals surface area contributed by atoms with Crippen LogP contribution in [-0.4, -0.2) is 40.9 Å². The zero-order valence-corrected chi connectivity index (χ0v) is 26.7. The molecule has 0 saturated carbocycles. The predicted molar refractivity (Wildman–Crippen MR) is 189 cm³/mol. The van der Waals surface area contributed by atoms with Gasteiger partial charge >= 0.3 is 0 Å².